The fourth-order valence-electron chi connectivity index (χ4n) is 3.10. The van der Waals surface area contributed by atoms with E-state index in [2.05, 4.69) is 15.9 Å². The molecule has 0 amide bonds. The zero-order valence-electron chi connectivity index (χ0n) is 10.2. The van der Waals surface area contributed by atoms with Crippen molar-refractivity contribution in [3.63, 3.8) is 0 Å². The molecule has 0 aromatic carbocycles. The lowest BCUT2D eigenvalue weighted by atomic mass is 9.83. The molecule has 0 saturated heterocycles. The Hall–Kier alpha value is 0.0800. The van der Waals surface area contributed by atoms with Gasteiger partial charge >= 0.3 is 0 Å². The average Bonchev–Trinajstić information content (AvgIpc) is 2.39. The van der Waals surface area contributed by atoms with Gasteiger partial charge in [-0.2, -0.15) is 0 Å². The van der Waals surface area contributed by atoms with E-state index in [1.54, 1.807) is 0 Å². The molecule has 0 heterocycles. The second-order valence-corrected chi connectivity index (χ2v) is 6.61. The zero-order valence-corrected chi connectivity index (χ0v) is 11.8. The highest BCUT2D eigenvalue weighted by Crippen LogP contribution is 2.40. The van der Waals surface area contributed by atoms with E-state index in [1.807, 2.05) is 0 Å². The Morgan fingerprint density at radius 2 is 1.35 bits per heavy atom. The molecule has 0 bridgehead atoms. The fourth-order valence-corrected chi connectivity index (χ4v) is 3.92. The van der Waals surface area contributed by atoms with Crippen LogP contribution in [0.25, 0.3) is 0 Å². The molecule has 17 heavy (non-hydrogen) atoms. The highest BCUT2D eigenvalue weighted by atomic mass is 79.9. The van der Waals surface area contributed by atoms with E-state index < -0.39 is 11.7 Å². The summed E-state index contributed by atoms with van der Waals surface area (Å²) < 4.78 is 28.3. The molecule has 0 spiro atoms. The van der Waals surface area contributed by atoms with Crippen molar-refractivity contribution in [1.82, 2.24) is 0 Å². The minimum atomic E-state index is -0.446. The third-order valence-corrected chi connectivity index (χ3v) is 5.29. The fraction of sp³-hybridized carbons (Fsp3) is 0.857. The Balaban J connectivity index is 2.06. The quantitative estimate of drug-likeness (QED) is 0.576. The third kappa shape index (κ3) is 3.30. The van der Waals surface area contributed by atoms with Gasteiger partial charge < -0.3 is 0 Å². The van der Waals surface area contributed by atoms with Gasteiger partial charge in [0.2, 0.25) is 0 Å². The Kier molecular flexibility index (Phi) is 5.01. The van der Waals surface area contributed by atoms with Crippen molar-refractivity contribution in [2.45, 2.75) is 62.6 Å². The van der Waals surface area contributed by atoms with E-state index in [-0.39, 0.29) is 16.7 Å². The highest BCUT2D eigenvalue weighted by molar-refractivity contribution is 9.09. The molecule has 3 heteroatoms. The molecule has 2 aliphatic carbocycles. The first kappa shape index (κ1) is 13.5. The van der Waals surface area contributed by atoms with Crippen LogP contribution < -0.4 is 0 Å². The van der Waals surface area contributed by atoms with E-state index in [0.29, 0.717) is 0 Å². The van der Waals surface area contributed by atoms with Crippen LogP contribution in [0.3, 0.4) is 0 Å². The predicted octanol–water partition coefficient (Wildman–Crippen LogP) is 5.67. The molecule has 2 saturated carbocycles. The topological polar surface area (TPSA) is 0 Å². The van der Waals surface area contributed by atoms with Crippen LogP contribution in [0, 0.1) is 11.8 Å². The summed E-state index contributed by atoms with van der Waals surface area (Å²) in [5.74, 6) is -1.23. The number of rotatable bonds is 2. The number of alkyl halides is 1. The molecular weight excluding hydrogens is 286 g/mol. The molecule has 2 aliphatic rings. The van der Waals surface area contributed by atoms with Gasteiger partial charge in [-0.1, -0.05) is 48.0 Å². The van der Waals surface area contributed by atoms with Crippen LogP contribution in [0.1, 0.15) is 57.8 Å². The van der Waals surface area contributed by atoms with Crippen molar-refractivity contribution in [1.29, 1.82) is 0 Å². The first-order valence-electron chi connectivity index (χ1n) is 6.89. The summed E-state index contributed by atoms with van der Waals surface area (Å²) in [6, 6.07) is 0. The van der Waals surface area contributed by atoms with E-state index in [1.165, 1.54) is 6.42 Å². The molecule has 0 radical (unpaired) electrons. The molecular formula is C14H21BrF2. The Morgan fingerprint density at radius 1 is 0.765 bits per heavy atom. The number of hydrogen-bond acceptors (Lipinski definition) is 0. The Bertz CT molecular complexity index is 282. The molecule has 2 fully saturated rings. The molecule has 0 nitrogen and oxygen atoms in total. The van der Waals surface area contributed by atoms with Crippen LogP contribution in [0.5, 0.6) is 0 Å². The summed E-state index contributed by atoms with van der Waals surface area (Å²) in [6.07, 6.45) is 8.86. The normalized spacial score (nSPS) is 33.4. The van der Waals surface area contributed by atoms with Crippen molar-refractivity contribution in [2.75, 3.05) is 0 Å². The van der Waals surface area contributed by atoms with Gasteiger partial charge in [0.25, 0.3) is 0 Å². The van der Waals surface area contributed by atoms with Crippen LogP contribution in [0.2, 0.25) is 0 Å². The SMILES string of the molecule is F/C(=C(/F)C1CCCCC1Br)C1CCCCC1. The van der Waals surface area contributed by atoms with E-state index in [9.17, 15) is 8.78 Å². The van der Waals surface area contributed by atoms with Gasteiger partial charge in [0.1, 0.15) is 11.7 Å². The summed E-state index contributed by atoms with van der Waals surface area (Å²) in [5, 5.41) is 0. The minimum Gasteiger partial charge on any atom is -0.209 e. The van der Waals surface area contributed by atoms with E-state index >= 15 is 0 Å². The second kappa shape index (κ2) is 6.31. The summed E-state index contributed by atoms with van der Waals surface area (Å²) in [6.45, 7) is 0. The van der Waals surface area contributed by atoms with E-state index in [0.717, 1.165) is 51.4 Å². The van der Waals surface area contributed by atoms with Gasteiger partial charge in [0, 0.05) is 16.7 Å². The molecule has 0 N–H and O–H groups in total. The lowest BCUT2D eigenvalue weighted by Crippen LogP contribution is -2.21. The smallest absolute Gasteiger partial charge is 0.136 e. The van der Waals surface area contributed by atoms with Gasteiger partial charge in [-0.25, -0.2) is 8.78 Å². The predicted molar refractivity (Wildman–Crippen MR) is 70.5 cm³/mol. The first-order chi connectivity index (χ1) is 8.20. The number of hydrogen-bond donors (Lipinski definition) is 0. The van der Waals surface area contributed by atoms with Gasteiger partial charge in [-0.15, -0.1) is 0 Å². The number of halogens is 3. The summed E-state index contributed by atoms with van der Waals surface area (Å²) in [4.78, 5) is 0.130. The summed E-state index contributed by atoms with van der Waals surface area (Å²) in [5.41, 5.74) is 0. The van der Waals surface area contributed by atoms with Gasteiger partial charge in [-0.05, 0) is 25.7 Å². The van der Waals surface area contributed by atoms with Crippen molar-refractivity contribution >= 4 is 15.9 Å². The standard InChI is InChI=1S/C14H21BrF2/c15-12-9-5-4-8-11(12)14(17)13(16)10-6-2-1-3-7-10/h10-12H,1-9H2/b14-13+. The van der Waals surface area contributed by atoms with E-state index in [4.69, 9.17) is 0 Å². The number of allylic oxidation sites excluding steroid dienone is 2. The van der Waals surface area contributed by atoms with Crippen molar-refractivity contribution in [2.24, 2.45) is 11.8 Å². The van der Waals surface area contributed by atoms with Crippen LogP contribution in [-0.2, 0) is 0 Å². The molecule has 2 rings (SSSR count). The van der Waals surface area contributed by atoms with Crippen LogP contribution in [-0.4, -0.2) is 4.83 Å². The van der Waals surface area contributed by atoms with Gasteiger partial charge in [0.15, 0.2) is 0 Å². The molecule has 0 aromatic heterocycles. The summed E-state index contributed by atoms with van der Waals surface area (Å²) >= 11 is 3.51. The van der Waals surface area contributed by atoms with Crippen LogP contribution in [0.4, 0.5) is 8.78 Å². The van der Waals surface area contributed by atoms with Gasteiger partial charge in [0.05, 0.1) is 0 Å². The Labute approximate surface area is 111 Å². The monoisotopic (exact) mass is 306 g/mol. The maximum absolute atomic E-state index is 14.2. The maximum Gasteiger partial charge on any atom is 0.136 e. The molecule has 0 aromatic rings. The third-order valence-electron chi connectivity index (χ3n) is 4.20. The molecule has 2 unspecified atom stereocenters. The zero-order chi connectivity index (χ0) is 12.3. The first-order valence-corrected chi connectivity index (χ1v) is 7.81. The second-order valence-electron chi connectivity index (χ2n) is 5.44. The molecule has 2 atom stereocenters. The highest BCUT2D eigenvalue weighted by Gasteiger charge is 2.31. The molecule has 0 aliphatic heterocycles. The molecule has 98 valence electrons. The Morgan fingerprint density at radius 3 is 2.00 bits per heavy atom. The minimum absolute atomic E-state index is 0.130. The lowest BCUT2D eigenvalue weighted by Gasteiger charge is -2.28. The largest absolute Gasteiger partial charge is 0.209 e. The van der Waals surface area contributed by atoms with Crippen molar-refractivity contribution in [3.8, 4) is 0 Å². The average molecular weight is 307 g/mol. The summed E-state index contributed by atoms with van der Waals surface area (Å²) in [7, 11) is 0. The van der Waals surface area contributed by atoms with Crippen molar-refractivity contribution < 1.29 is 8.78 Å². The van der Waals surface area contributed by atoms with Crippen LogP contribution in [0.15, 0.2) is 11.7 Å². The lowest BCUT2D eigenvalue weighted by molar-refractivity contribution is 0.294. The van der Waals surface area contributed by atoms with Crippen molar-refractivity contribution in [3.05, 3.63) is 11.7 Å². The maximum atomic E-state index is 14.2. The van der Waals surface area contributed by atoms with Gasteiger partial charge in [-0.3, -0.25) is 0 Å². The van der Waals surface area contributed by atoms with Crippen LogP contribution >= 0.6 is 15.9 Å².